The van der Waals surface area contributed by atoms with E-state index in [-0.39, 0.29) is 5.97 Å². The summed E-state index contributed by atoms with van der Waals surface area (Å²) >= 11 is 1.98. The number of rotatable bonds is 9. The summed E-state index contributed by atoms with van der Waals surface area (Å²) in [4.78, 5) is 11.6. The molecule has 0 aliphatic rings. The van der Waals surface area contributed by atoms with E-state index in [0.29, 0.717) is 0 Å². The highest BCUT2D eigenvalue weighted by Gasteiger charge is 2.31. The van der Waals surface area contributed by atoms with Gasteiger partial charge >= 0.3 is 5.97 Å². The van der Waals surface area contributed by atoms with E-state index in [2.05, 4.69) is 19.2 Å². The van der Waals surface area contributed by atoms with Gasteiger partial charge in [0.25, 0.3) is 0 Å². The molecule has 2 atom stereocenters. The zero-order valence-corrected chi connectivity index (χ0v) is 12.7. The number of likely N-dealkylation sites (N-methyl/N-ethyl adjacent to an activating group) is 1. The van der Waals surface area contributed by atoms with E-state index in [1.54, 1.807) is 0 Å². The molecule has 3 nitrogen and oxygen atoms in total. The maximum atomic E-state index is 11.6. The first-order valence-corrected chi connectivity index (χ1v) is 7.50. The molecule has 0 radical (unpaired) electrons. The number of ether oxygens (including phenoxy) is 1. The fraction of sp³-hybridized carbons (Fsp3) is 0.923. The van der Waals surface area contributed by atoms with E-state index < -0.39 is 5.54 Å². The van der Waals surface area contributed by atoms with Gasteiger partial charge in [-0.15, -0.1) is 0 Å². The van der Waals surface area contributed by atoms with Crippen molar-refractivity contribution in [1.29, 1.82) is 0 Å². The van der Waals surface area contributed by atoms with Crippen LogP contribution in [0.25, 0.3) is 0 Å². The topological polar surface area (TPSA) is 38.3 Å². The number of esters is 1. The van der Waals surface area contributed by atoms with Crippen LogP contribution in [0.15, 0.2) is 0 Å². The summed E-state index contributed by atoms with van der Waals surface area (Å²) in [5.41, 5.74) is -0.536. The van der Waals surface area contributed by atoms with Gasteiger partial charge in [0.1, 0.15) is 5.54 Å². The second kappa shape index (κ2) is 8.81. The Morgan fingerprint density at radius 1 is 1.53 bits per heavy atom. The van der Waals surface area contributed by atoms with Crippen LogP contribution in [0.3, 0.4) is 0 Å². The van der Waals surface area contributed by atoms with Crippen molar-refractivity contribution < 1.29 is 9.53 Å². The highest BCUT2D eigenvalue weighted by atomic mass is 32.2. The van der Waals surface area contributed by atoms with E-state index in [0.717, 1.165) is 24.5 Å². The second-order valence-corrected chi connectivity index (χ2v) is 5.92. The lowest BCUT2D eigenvalue weighted by Crippen LogP contribution is -2.48. The molecule has 0 fully saturated rings. The highest BCUT2D eigenvalue weighted by Crippen LogP contribution is 2.18. The molecule has 0 bridgehead atoms. The molecule has 17 heavy (non-hydrogen) atoms. The van der Waals surface area contributed by atoms with Gasteiger partial charge in [0.15, 0.2) is 0 Å². The van der Waals surface area contributed by atoms with Crippen LogP contribution in [0, 0.1) is 5.92 Å². The lowest BCUT2D eigenvalue weighted by Gasteiger charge is -2.25. The van der Waals surface area contributed by atoms with Crippen molar-refractivity contribution in [2.75, 3.05) is 25.7 Å². The van der Waals surface area contributed by atoms with Gasteiger partial charge in [0.2, 0.25) is 0 Å². The molecule has 4 heteroatoms. The number of hydrogen-bond donors (Lipinski definition) is 1. The van der Waals surface area contributed by atoms with Crippen LogP contribution in [-0.4, -0.2) is 37.2 Å². The SMILES string of the molecule is CCC(C)CSCCCC(C)(NC)C(=O)OC. The maximum absolute atomic E-state index is 11.6. The molecule has 102 valence electrons. The van der Waals surface area contributed by atoms with E-state index >= 15 is 0 Å². The quantitative estimate of drug-likeness (QED) is 0.511. The first-order valence-electron chi connectivity index (χ1n) is 6.35. The summed E-state index contributed by atoms with van der Waals surface area (Å²) in [6.45, 7) is 6.40. The molecule has 0 spiro atoms. The van der Waals surface area contributed by atoms with Crippen LogP contribution >= 0.6 is 11.8 Å². The van der Waals surface area contributed by atoms with Gasteiger partial charge in [0, 0.05) is 0 Å². The molecular formula is C13H27NO2S. The molecule has 0 saturated carbocycles. The summed E-state index contributed by atoms with van der Waals surface area (Å²) < 4.78 is 4.81. The monoisotopic (exact) mass is 261 g/mol. The van der Waals surface area contributed by atoms with Gasteiger partial charge < -0.3 is 10.1 Å². The van der Waals surface area contributed by atoms with Gasteiger partial charge in [-0.2, -0.15) is 11.8 Å². The maximum Gasteiger partial charge on any atom is 0.325 e. The first kappa shape index (κ1) is 16.8. The van der Waals surface area contributed by atoms with E-state index in [9.17, 15) is 4.79 Å². The van der Waals surface area contributed by atoms with Gasteiger partial charge in [-0.3, -0.25) is 4.79 Å². The Morgan fingerprint density at radius 3 is 2.65 bits per heavy atom. The molecule has 0 aliphatic heterocycles. The lowest BCUT2D eigenvalue weighted by atomic mass is 9.97. The Morgan fingerprint density at radius 2 is 2.18 bits per heavy atom. The standard InChI is InChI=1S/C13H27NO2S/c1-6-11(2)10-17-9-7-8-13(3,14-4)12(15)16-5/h11,14H,6-10H2,1-5H3. The third-order valence-electron chi connectivity index (χ3n) is 3.25. The summed E-state index contributed by atoms with van der Waals surface area (Å²) in [6.07, 6.45) is 3.10. The van der Waals surface area contributed by atoms with E-state index in [1.165, 1.54) is 19.3 Å². The van der Waals surface area contributed by atoms with Gasteiger partial charge in [-0.05, 0) is 44.2 Å². The minimum absolute atomic E-state index is 0.174. The van der Waals surface area contributed by atoms with Crippen molar-refractivity contribution in [2.45, 2.75) is 45.6 Å². The average Bonchev–Trinajstić information content (AvgIpc) is 2.36. The van der Waals surface area contributed by atoms with E-state index in [1.807, 2.05) is 25.7 Å². The Labute approximate surface area is 110 Å². The minimum Gasteiger partial charge on any atom is -0.468 e. The Balaban J connectivity index is 3.81. The van der Waals surface area contributed by atoms with Gasteiger partial charge in [-0.25, -0.2) is 0 Å². The molecule has 0 aliphatic carbocycles. The third kappa shape index (κ3) is 6.32. The fourth-order valence-corrected chi connectivity index (χ4v) is 2.64. The molecule has 0 heterocycles. The highest BCUT2D eigenvalue weighted by molar-refractivity contribution is 7.99. The van der Waals surface area contributed by atoms with E-state index in [4.69, 9.17) is 4.74 Å². The van der Waals surface area contributed by atoms with Crippen molar-refractivity contribution in [1.82, 2.24) is 5.32 Å². The van der Waals surface area contributed by atoms with Crippen LogP contribution in [0.1, 0.15) is 40.0 Å². The van der Waals surface area contributed by atoms with Crippen LogP contribution in [0.5, 0.6) is 0 Å². The third-order valence-corrected chi connectivity index (χ3v) is 4.63. The number of nitrogens with one attached hydrogen (secondary N) is 1. The predicted octanol–water partition coefficient (Wildman–Crippen LogP) is 2.70. The molecule has 2 unspecified atom stereocenters. The smallest absolute Gasteiger partial charge is 0.325 e. The fourth-order valence-electron chi connectivity index (χ4n) is 1.48. The number of methoxy groups -OCH3 is 1. The number of carbonyl (C=O) groups is 1. The largest absolute Gasteiger partial charge is 0.468 e. The second-order valence-electron chi connectivity index (χ2n) is 4.77. The first-order chi connectivity index (χ1) is 8.00. The Kier molecular flexibility index (Phi) is 8.70. The predicted molar refractivity (Wildman–Crippen MR) is 75.5 cm³/mol. The average molecular weight is 261 g/mol. The molecule has 0 rings (SSSR count). The molecule has 1 N–H and O–H groups in total. The normalized spacial score (nSPS) is 16.3. The summed E-state index contributed by atoms with van der Waals surface area (Å²) in [7, 11) is 3.25. The summed E-state index contributed by atoms with van der Waals surface area (Å²) in [6, 6.07) is 0. The van der Waals surface area contributed by atoms with Crippen LogP contribution in [-0.2, 0) is 9.53 Å². The zero-order valence-electron chi connectivity index (χ0n) is 11.8. The summed E-state index contributed by atoms with van der Waals surface area (Å²) in [5.74, 6) is 2.94. The van der Waals surface area contributed by atoms with Crippen molar-refractivity contribution >= 4 is 17.7 Å². The molecule has 0 aromatic carbocycles. The minimum atomic E-state index is -0.536. The van der Waals surface area contributed by atoms with Crippen LogP contribution in [0.4, 0.5) is 0 Å². The number of thioether (sulfide) groups is 1. The van der Waals surface area contributed by atoms with Crippen LogP contribution in [0.2, 0.25) is 0 Å². The van der Waals surface area contributed by atoms with Crippen molar-refractivity contribution in [3.05, 3.63) is 0 Å². The van der Waals surface area contributed by atoms with Crippen LogP contribution < -0.4 is 5.32 Å². The van der Waals surface area contributed by atoms with Crippen molar-refractivity contribution in [2.24, 2.45) is 5.92 Å². The van der Waals surface area contributed by atoms with Gasteiger partial charge in [-0.1, -0.05) is 20.3 Å². The number of hydrogen-bond acceptors (Lipinski definition) is 4. The number of carbonyl (C=O) groups excluding carboxylic acids is 1. The lowest BCUT2D eigenvalue weighted by molar-refractivity contribution is -0.148. The molecule has 0 aromatic rings. The van der Waals surface area contributed by atoms with Gasteiger partial charge in [0.05, 0.1) is 7.11 Å². The van der Waals surface area contributed by atoms with Crippen molar-refractivity contribution in [3.63, 3.8) is 0 Å². The zero-order chi connectivity index (χ0) is 13.3. The molecule has 0 amide bonds. The van der Waals surface area contributed by atoms with Crippen molar-refractivity contribution in [3.8, 4) is 0 Å². The Hall–Kier alpha value is -0.220. The Bertz CT molecular complexity index is 223. The molecular weight excluding hydrogens is 234 g/mol. The molecule has 0 saturated heterocycles. The summed E-state index contributed by atoms with van der Waals surface area (Å²) in [5, 5.41) is 3.06. The molecule has 0 aromatic heterocycles.